The van der Waals surface area contributed by atoms with E-state index in [1.165, 1.54) is 11.3 Å². The van der Waals surface area contributed by atoms with Gasteiger partial charge in [0.15, 0.2) is 0 Å². The van der Waals surface area contributed by atoms with Crippen LogP contribution in [0.5, 0.6) is 0 Å². The summed E-state index contributed by atoms with van der Waals surface area (Å²) < 4.78 is 13.4. The number of aryl methyl sites for hydroxylation is 1. The fourth-order valence-electron chi connectivity index (χ4n) is 3.43. The first kappa shape index (κ1) is 18.5. The summed E-state index contributed by atoms with van der Waals surface area (Å²) in [6, 6.07) is 2.08. The van der Waals surface area contributed by atoms with E-state index < -0.39 is 0 Å². The molecule has 0 saturated heterocycles. The summed E-state index contributed by atoms with van der Waals surface area (Å²) in [5.74, 6) is 0.648. The number of hydrogen-bond acceptors (Lipinski definition) is 7. The molecule has 4 heterocycles. The molecular weight excluding hydrogens is 366 g/mol. The molecule has 0 fully saturated rings. The number of aliphatic hydroxyl groups excluding tert-OH is 1. The van der Waals surface area contributed by atoms with Crippen molar-refractivity contribution in [1.29, 1.82) is 0 Å². The molecular formula is C19H23N3O4S. The van der Waals surface area contributed by atoms with Crippen molar-refractivity contribution in [3.8, 4) is 0 Å². The third-order valence-electron chi connectivity index (χ3n) is 4.84. The van der Waals surface area contributed by atoms with Crippen LogP contribution in [0.4, 0.5) is 0 Å². The highest BCUT2D eigenvalue weighted by atomic mass is 32.1. The molecule has 144 valence electrons. The number of fused-ring (bicyclic) bond motifs is 4. The largest absolute Gasteiger partial charge is 0.394 e. The second-order valence-corrected chi connectivity index (χ2v) is 8.40. The zero-order valence-electron chi connectivity index (χ0n) is 15.7. The molecule has 8 heteroatoms. The van der Waals surface area contributed by atoms with Crippen molar-refractivity contribution in [2.24, 2.45) is 0 Å². The lowest BCUT2D eigenvalue weighted by Gasteiger charge is -2.30. The topological polar surface area (TPSA) is 86.5 Å². The van der Waals surface area contributed by atoms with Crippen LogP contribution in [-0.4, -0.2) is 45.1 Å². The average molecular weight is 389 g/mol. The van der Waals surface area contributed by atoms with Crippen molar-refractivity contribution in [2.75, 3.05) is 19.8 Å². The number of aromatic nitrogens is 3. The van der Waals surface area contributed by atoms with Gasteiger partial charge in [0.05, 0.1) is 49.8 Å². The number of rotatable bonds is 5. The van der Waals surface area contributed by atoms with Crippen molar-refractivity contribution < 1.29 is 14.6 Å². The number of pyridine rings is 1. The number of nitrogens with zero attached hydrogens (tertiary/aromatic N) is 3. The Kier molecular flexibility index (Phi) is 4.75. The quantitative estimate of drug-likeness (QED) is 0.673. The van der Waals surface area contributed by atoms with E-state index in [2.05, 4.69) is 24.9 Å². The van der Waals surface area contributed by atoms with Gasteiger partial charge in [-0.2, -0.15) is 0 Å². The van der Waals surface area contributed by atoms with E-state index in [0.29, 0.717) is 35.8 Å². The van der Waals surface area contributed by atoms with Gasteiger partial charge in [0, 0.05) is 17.4 Å². The minimum absolute atomic E-state index is 0.0294. The number of aliphatic hydroxyl groups is 1. The second kappa shape index (κ2) is 6.94. The number of hydrogen-bond donors (Lipinski definition) is 1. The standard InChI is InChI=1S/C19H23N3O4S/c1-11-20-15-13-8-12-10-26-19(2,3)9-14(12)21-17(13)27-16(15)18(24)22(11)4-6-25-7-5-23/h8,23H,4-7,9-10H2,1-3H3. The summed E-state index contributed by atoms with van der Waals surface area (Å²) >= 11 is 1.40. The molecule has 1 aliphatic heterocycles. The minimum atomic E-state index is -0.222. The highest BCUT2D eigenvalue weighted by molar-refractivity contribution is 7.25. The summed E-state index contributed by atoms with van der Waals surface area (Å²) in [6.45, 7) is 7.49. The van der Waals surface area contributed by atoms with E-state index in [0.717, 1.165) is 27.9 Å². The summed E-state index contributed by atoms with van der Waals surface area (Å²) in [5.41, 5.74) is 2.54. The van der Waals surface area contributed by atoms with Crippen LogP contribution in [0.25, 0.3) is 20.4 Å². The average Bonchev–Trinajstić information content (AvgIpc) is 2.96. The smallest absolute Gasteiger partial charge is 0.271 e. The molecule has 0 aromatic carbocycles. The molecule has 1 N–H and O–H groups in total. The van der Waals surface area contributed by atoms with Crippen LogP contribution < -0.4 is 5.56 Å². The second-order valence-electron chi connectivity index (χ2n) is 7.40. The van der Waals surface area contributed by atoms with Gasteiger partial charge in [0.1, 0.15) is 15.4 Å². The molecule has 0 saturated carbocycles. The van der Waals surface area contributed by atoms with Crippen LogP contribution in [0.15, 0.2) is 10.9 Å². The number of ether oxygens (including phenoxy) is 2. The Balaban J connectivity index is 1.79. The molecule has 0 radical (unpaired) electrons. The molecule has 1 aliphatic rings. The van der Waals surface area contributed by atoms with E-state index in [1.807, 2.05) is 6.92 Å². The van der Waals surface area contributed by atoms with Gasteiger partial charge >= 0.3 is 0 Å². The lowest BCUT2D eigenvalue weighted by Crippen LogP contribution is -2.32. The molecule has 0 spiro atoms. The summed E-state index contributed by atoms with van der Waals surface area (Å²) in [5, 5.41) is 9.71. The molecule has 0 aliphatic carbocycles. The summed E-state index contributed by atoms with van der Waals surface area (Å²) in [7, 11) is 0. The van der Waals surface area contributed by atoms with Crippen LogP contribution in [0, 0.1) is 6.92 Å². The zero-order chi connectivity index (χ0) is 19.2. The molecule has 0 amide bonds. The van der Waals surface area contributed by atoms with Crippen LogP contribution in [0.3, 0.4) is 0 Å². The molecule has 3 aromatic rings. The van der Waals surface area contributed by atoms with E-state index in [1.54, 1.807) is 4.57 Å². The first-order chi connectivity index (χ1) is 12.9. The normalized spacial score (nSPS) is 16.1. The molecule has 4 rings (SSSR count). The first-order valence-corrected chi connectivity index (χ1v) is 9.86. The fourth-order valence-corrected chi connectivity index (χ4v) is 4.49. The van der Waals surface area contributed by atoms with Crippen molar-refractivity contribution in [1.82, 2.24) is 14.5 Å². The van der Waals surface area contributed by atoms with Crippen LogP contribution in [0.1, 0.15) is 30.9 Å². The Bertz CT molecular complexity index is 1070. The third kappa shape index (κ3) is 3.38. The van der Waals surface area contributed by atoms with Gasteiger partial charge in [-0.25, -0.2) is 9.97 Å². The van der Waals surface area contributed by atoms with Gasteiger partial charge in [0.25, 0.3) is 5.56 Å². The summed E-state index contributed by atoms with van der Waals surface area (Å²) in [6.07, 6.45) is 0.755. The maximum atomic E-state index is 13.0. The summed E-state index contributed by atoms with van der Waals surface area (Å²) in [4.78, 5) is 23.4. The Labute approximate surface area is 160 Å². The van der Waals surface area contributed by atoms with E-state index in [-0.39, 0.29) is 24.4 Å². The van der Waals surface area contributed by atoms with Crippen molar-refractivity contribution in [3.63, 3.8) is 0 Å². The zero-order valence-corrected chi connectivity index (χ0v) is 16.6. The van der Waals surface area contributed by atoms with Crippen molar-refractivity contribution >= 4 is 31.8 Å². The Morgan fingerprint density at radius 1 is 1.37 bits per heavy atom. The molecule has 7 nitrogen and oxygen atoms in total. The van der Waals surface area contributed by atoms with Crippen LogP contribution >= 0.6 is 11.3 Å². The van der Waals surface area contributed by atoms with E-state index in [4.69, 9.17) is 19.6 Å². The van der Waals surface area contributed by atoms with E-state index in [9.17, 15) is 4.79 Å². The van der Waals surface area contributed by atoms with Crippen molar-refractivity contribution in [2.45, 2.75) is 45.9 Å². The molecule has 3 aromatic heterocycles. The molecule has 0 unspecified atom stereocenters. The highest BCUT2D eigenvalue weighted by Crippen LogP contribution is 2.34. The van der Waals surface area contributed by atoms with Gasteiger partial charge in [0.2, 0.25) is 0 Å². The fraction of sp³-hybridized carbons (Fsp3) is 0.526. The van der Waals surface area contributed by atoms with Gasteiger partial charge < -0.3 is 14.6 Å². The lowest BCUT2D eigenvalue weighted by molar-refractivity contribution is -0.0411. The van der Waals surface area contributed by atoms with Gasteiger partial charge in [-0.15, -0.1) is 11.3 Å². The predicted molar refractivity (Wildman–Crippen MR) is 104 cm³/mol. The van der Waals surface area contributed by atoms with Gasteiger partial charge in [-0.1, -0.05) is 0 Å². The van der Waals surface area contributed by atoms with Gasteiger partial charge in [-0.3, -0.25) is 9.36 Å². The van der Waals surface area contributed by atoms with Crippen molar-refractivity contribution in [3.05, 3.63) is 33.5 Å². The van der Waals surface area contributed by atoms with Gasteiger partial charge in [-0.05, 0) is 26.8 Å². The third-order valence-corrected chi connectivity index (χ3v) is 5.91. The Morgan fingerprint density at radius 2 is 2.19 bits per heavy atom. The molecule has 0 atom stereocenters. The first-order valence-electron chi connectivity index (χ1n) is 9.04. The lowest BCUT2D eigenvalue weighted by atomic mass is 9.95. The number of thiophene rings is 1. The minimum Gasteiger partial charge on any atom is -0.394 e. The molecule has 0 bridgehead atoms. The Morgan fingerprint density at radius 3 is 2.96 bits per heavy atom. The SMILES string of the molecule is Cc1nc2c(sc3nc4c(cc32)COC(C)(C)C4)c(=O)n1CCOCCO. The monoisotopic (exact) mass is 389 g/mol. The predicted octanol–water partition coefficient (Wildman–Crippen LogP) is 2.17. The highest BCUT2D eigenvalue weighted by Gasteiger charge is 2.28. The van der Waals surface area contributed by atoms with Crippen LogP contribution in [-0.2, 0) is 29.0 Å². The Hall–Kier alpha value is -1.87. The maximum Gasteiger partial charge on any atom is 0.271 e. The molecule has 27 heavy (non-hydrogen) atoms. The van der Waals surface area contributed by atoms with Crippen LogP contribution in [0.2, 0.25) is 0 Å². The van der Waals surface area contributed by atoms with E-state index >= 15 is 0 Å². The maximum absolute atomic E-state index is 13.0.